The minimum absolute atomic E-state index is 0.114. The Hall–Kier alpha value is -2.65. The lowest BCUT2D eigenvalue weighted by Crippen LogP contribution is -2.33. The standard InChI is InChI=1S/C19H17N5O2S2/c25-28(26,14-6-2-1-3-7-14)19-18-20-17(23-10-12-27-13-11-23)15-8-4-5-9-16(15)24(18)22-21-19/h1-9H,10-13H2. The summed E-state index contributed by atoms with van der Waals surface area (Å²) in [5, 5.41) is 8.97. The fraction of sp³-hybridized carbons (Fsp3) is 0.211. The summed E-state index contributed by atoms with van der Waals surface area (Å²) in [6.45, 7) is 1.75. The molecule has 0 radical (unpaired) electrons. The van der Waals surface area contributed by atoms with E-state index in [0.717, 1.165) is 41.3 Å². The van der Waals surface area contributed by atoms with Crippen LogP contribution in [0.2, 0.25) is 0 Å². The molecule has 7 nitrogen and oxygen atoms in total. The van der Waals surface area contributed by atoms with Gasteiger partial charge < -0.3 is 4.90 Å². The zero-order chi connectivity index (χ0) is 19.1. The van der Waals surface area contributed by atoms with Gasteiger partial charge in [0.2, 0.25) is 14.9 Å². The van der Waals surface area contributed by atoms with Crippen molar-refractivity contribution in [3.05, 3.63) is 54.6 Å². The average molecular weight is 412 g/mol. The number of hydrogen-bond donors (Lipinski definition) is 0. The molecule has 0 atom stereocenters. The van der Waals surface area contributed by atoms with Gasteiger partial charge in [-0.05, 0) is 24.3 Å². The highest BCUT2D eigenvalue weighted by Crippen LogP contribution is 2.30. The number of sulfone groups is 1. The average Bonchev–Trinajstić information content (AvgIpc) is 3.19. The Bertz CT molecular complexity index is 1270. The number of anilines is 1. The fourth-order valence-electron chi connectivity index (χ4n) is 3.43. The SMILES string of the molecule is O=S(=O)(c1ccccc1)c1nnn2c1nc(N1CCSCC1)c1ccccc12. The molecule has 1 fully saturated rings. The van der Waals surface area contributed by atoms with E-state index in [1.807, 2.05) is 36.0 Å². The number of rotatable bonds is 3. The summed E-state index contributed by atoms with van der Waals surface area (Å²) in [6.07, 6.45) is 0. The third-order valence-electron chi connectivity index (χ3n) is 4.82. The third kappa shape index (κ3) is 2.73. The number of aromatic nitrogens is 4. The molecule has 9 heteroatoms. The molecule has 1 saturated heterocycles. The predicted molar refractivity (Wildman–Crippen MR) is 110 cm³/mol. The summed E-state index contributed by atoms with van der Waals surface area (Å²) >= 11 is 1.91. The Labute approximate surface area is 166 Å². The zero-order valence-electron chi connectivity index (χ0n) is 14.9. The summed E-state index contributed by atoms with van der Waals surface area (Å²) in [4.78, 5) is 7.15. The molecule has 142 valence electrons. The number of fused-ring (bicyclic) bond motifs is 3. The second kappa shape index (κ2) is 6.75. The number of thioether (sulfide) groups is 1. The first-order chi connectivity index (χ1) is 13.7. The van der Waals surface area contributed by atoms with E-state index in [1.54, 1.807) is 30.3 Å². The highest BCUT2D eigenvalue weighted by atomic mass is 32.2. The first kappa shape index (κ1) is 17.4. The van der Waals surface area contributed by atoms with Crippen molar-refractivity contribution >= 4 is 44.0 Å². The molecule has 0 bridgehead atoms. The van der Waals surface area contributed by atoms with Gasteiger partial charge in [0, 0.05) is 30.0 Å². The number of nitrogens with zero attached hydrogens (tertiary/aromatic N) is 5. The fourth-order valence-corrected chi connectivity index (χ4v) is 5.59. The third-order valence-corrected chi connectivity index (χ3v) is 7.43. The molecule has 0 aliphatic carbocycles. The molecule has 0 unspecified atom stereocenters. The van der Waals surface area contributed by atoms with E-state index < -0.39 is 9.84 Å². The van der Waals surface area contributed by atoms with Crippen LogP contribution in [-0.2, 0) is 9.84 Å². The van der Waals surface area contributed by atoms with Crippen molar-refractivity contribution in [1.82, 2.24) is 19.8 Å². The van der Waals surface area contributed by atoms with Crippen LogP contribution in [-0.4, -0.2) is 52.8 Å². The number of para-hydroxylation sites is 1. The predicted octanol–water partition coefficient (Wildman–Crippen LogP) is 2.66. The highest BCUT2D eigenvalue weighted by Gasteiger charge is 2.28. The monoisotopic (exact) mass is 411 g/mol. The van der Waals surface area contributed by atoms with Crippen LogP contribution >= 0.6 is 11.8 Å². The van der Waals surface area contributed by atoms with Crippen LogP contribution in [0.4, 0.5) is 5.82 Å². The molecule has 4 aromatic rings. The second-order valence-corrected chi connectivity index (χ2v) is 9.59. The Balaban J connectivity index is 1.79. The van der Waals surface area contributed by atoms with Gasteiger partial charge in [-0.2, -0.15) is 16.3 Å². The summed E-state index contributed by atoms with van der Waals surface area (Å²) in [5.74, 6) is 2.83. The lowest BCUT2D eigenvalue weighted by molar-refractivity contribution is 0.592. The number of hydrogen-bond acceptors (Lipinski definition) is 7. The molecule has 1 aliphatic rings. The Kier molecular flexibility index (Phi) is 4.21. The molecule has 2 aromatic heterocycles. The van der Waals surface area contributed by atoms with Crippen molar-refractivity contribution in [1.29, 1.82) is 0 Å². The van der Waals surface area contributed by atoms with Gasteiger partial charge in [-0.15, -0.1) is 5.10 Å². The molecule has 0 N–H and O–H groups in total. The van der Waals surface area contributed by atoms with Gasteiger partial charge in [-0.1, -0.05) is 35.5 Å². The zero-order valence-corrected chi connectivity index (χ0v) is 16.5. The molecule has 28 heavy (non-hydrogen) atoms. The van der Waals surface area contributed by atoms with Crippen molar-refractivity contribution in [3.63, 3.8) is 0 Å². The number of benzene rings is 2. The largest absolute Gasteiger partial charge is 0.354 e. The minimum atomic E-state index is -3.82. The lowest BCUT2D eigenvalue weighted by Gasteiger charge is -2.28. The van der Waals surface area contributed by atoms with Crippen LogP contribution in [0.5, 0.6) is 0 Å². The van der Waals surface area contributed by atoms with Crippen LogP contribution in [0.25, 0.3) is 16.6 Å². The van der Waals surface area contributed by atoms with E-state index in [2.05, 4.69) is 15.2 Å². The van der Waals surface area contributed by atoms with Gasteiger partial charge in [-0.3, -0.25) is 0 Å². The first-order valence-corrected chi connectivity index (χ1v) is 11.6. The van der Waals surface area contributed by atoms with Crippen molar-refractivity contribution < 1.29 is 8.42 Å². The first-order valence-electron chi connectivity index (χ1n) is 8.93. The Morgan fingerprint density at radius 1 is 0.929 bits per heavy atom. The Morgan fingerprint density at radius 3 is 2.43 bits per heavy atom. The van der Waals surface area contributed by atoms with E-state index >= 15 is 0 Å². The van der Waals surface area contributed by atoms with Gasteiger partial charge >= 0.3 is 0 Å². The molecule has 0 amide bonds. The van der Waals surface area contributed by atoms with Crippen molar-refractivity contribution in [2.75, 3.05) is 29.5 Å². The van der Waals surface area contributed by atoms with Gasteiger partial charge in [0.15, 0.2) is 5.65 Å². The molecule has 0 saturated carbocycles. The summed E-state index contributed by atoms with van der Waals surface area (Å²) in [7, 11) is -3.82. The van der Waals surface area contributed by atoms with Crippen LogP contribution in [0.1, 0.15) is 0 Å². The topological polar surface area (TPSA) is 80.5 Å². The summed E-state index contributed by atoms with van der Waals surface area (Å²) in [6, 6.07) is 16.1. The molecule has 1 aliphatic heterocycles. The summed E-state index contributed by atoms with van der Waals surface area (Å²) in [5.41, 5.74) is 1.05. The molecular formula is C19H17N5O2S2. The van der Waals surface area contributed by atoms with Crippen molar-refractivity contribution in [2.24, 2.45) is 0 Å². The maximum atomic E-state index is 13.2. The molecular weight excluding hydrogens is 394 g/mol. The minimum Gasteiger partial charge on any atom is -0.354 e. The smallest absolute Gasteiger partial charge is 0.229 e. The molecule has 5 rings (SSSR count). The maximum absolute atomic E-state index is 13.2. The molecule has 0 spiro atoms. The van der Waals surface area contributed by atoms with E-state index in [9.17, 15) is 8.42 Å². The van der Waals surface area contributed by atoms with E-state index in [1.165, 1.54) is 4.52 Å². The van der Waals surface area contributed by atoms with Gasteiger partial charge in [0.05, 0.1) is 10.4 Å². The van der Waals surface area contributed by atoms with Crippen molar-refractivity contribution in [3.8, 4) is 0 Å². The van der Waals surface area contributed by atoms with Gasteiger partial charge in [-0.25, -0.2) is 13.4 Å². The quantitative estimate of drug-likeness (QED) is 0.513. The second-order valence-electron chi connectivity index (χ2n) is 6.50. The van der Waals surface area contributed by atoms with Crippen LogP contribution in [0.3, 0.4) is 0 Å². The Morgan fingerprint density at radius 2 is 1.64 bits per heavy atom. The molecule has 3 heterocycles. The van der Waals surface area contributed by atoms with Crippen molar-refractivity contribution in [2.45, 2.75) is 9.92 Å². The summed E-state index contributed by atoms with van der Waals surface area (Å²) < 4.78 is 27.8. The maximum Gasteiger partial charge on any atom is 0.229 e. The van der Waals surface area contributed by atoms with E-state index in [0.29, 0.717) is 0 Å². The molecule has 2 aromatic carbocycles. The van der Waals surface area contributed by atoms with Crippen LogP contribution < -0.4 is 4.90 Å². The van der Waals surface area contributed by atoms with E-state index in [4.69, 9.17) is 4.98 Å². The van der Waals surface area contributed by atoms with Gasteiger partial charge in [0.1, 0.15) is 5.82 Å². The van der Waals surface area contributed by atoms with Gasteiger partial charge in [0.25, 0.3) is 0 Å². The highest BCUT2D eigenvalue weighted by molar-refractivity contribution is 7.99. The van der Waals surface area contributed by atoms with Crippen LogP contribution in [0.15, 0.2) is 64.5 Å². The van der Waals surface area contributed by atoms with E-state index in [-0.39, 0.29) is 15.6 Å². The normalized spacial score (nSPS) is 15.4. The van der Waals surface area contributed by atoms with Crippen LogP contribution in [0, 0.1) is 0 Å². The lowest BCUT2D eigenvalue weighted by atomic mass is 10.2.